The van der Waals surface area contributed by atoms with E-state index in [0.29, 0.717) is 0 Å². The van der Waals surface area contributed by atoms with Gasteiger partial charge in [-0.05, 0) is 40.7 Å². The van der Waals surface area contributed by atoms with Crippen LogP contribution in [0.25, 0.3) is 0 Å². The third-order valence-electron chi connectivity index (χ3n) is 3.22. The van der Waals surface area contributed by atoms with E-state index in [1.165, 1.54) is 17.9 Å². The number of aliphatic hydroxyl groups excluding tert-OH is 1. The van der Waals surface area contributed by atoms with Crippen LogP contribution in [0.3, 0.4) is 0 Å². The highest BCUT2D eigenvalue weighted by Gasteiger charge is 2.49. The van der Waals surface area contributed by atoms with Gasteiger partial charge in [-0.15, -0.1) is 0 Å². The minimum absolute atomic E-state index is 0.193. The summed E-state index contributed by atoms with van der Waals surface area (Å²) in [5, 5.41) is 8.96. The van der Waals surface area contributed by atoms with Gasteiger partial charge in [0.1, 0.15) is 23.5 Å². The minimum atomic E-state index is -0.890. The van der Waals surface area contributed by atoms with Crippen LogP contribution >= 0.6 is 0 Å². The number of ether oxygens (including phenoxy) is 3. The number of hydrogen-bond acceptors (Lipinski definition) is 6. The van der Waals surface area contributed by atoms with Gasteiger partial charge < -0.3 is 19.3 Å². The number of aliphatic hydroxyl groups is 1. The third kappa shape index (κ3) is 5.51. The molecule has 0 aromatic rings. The van der Waals surface area contributed by atoms with Crippen molar-refractivity contribution in [3.63, 3.8) is 0 Å². The van der Waals surface area contributed by atoms with Crippen molar-refractivity contribution in [1.29, 1.82) is 0 Å². The first-order chi connectivity index (χ1) is 10.5. The van der Waals surface area contributed by atoms with Crippen molar-refractivity contribution in [2.75, 3.05) is 13.2 Å². The van der Waals surface area contributed by atoms with E-state index in [2.05, 4.69) is 0 Å². The molecule has 1 heterocycles. The number of amides is 1. The lowest BCUT2D eigenvalue weighted by atomic mass is 10.1. The molecule has 0 radical (unpaired) electrons. The number of rotatable bonds is 4. The Hall–Kier alpha value is -1.60. The summed E-state index contributed by atoms with van der Waals surface area (Å²) in [6.07, 6.45) is 1.74. The highest BCUT2D eigenvalue weighted by molar-refractivity contribution is 5.70. The largest absolute Gasteiger partial charge is 0.456 e. The maximum Gasteiger partial charge on any atom is 0.413 e. The molecule has 1 amide bonds. The summed E-state index contributed by atoms with van der Waals surface area (Å²) in [6.45, 7) is 10.1. The Balaban J connectivity index is 3.07. The highest BCUT2D eigenvalue weighted by atomic mass is 16.6. The van der Waals surface area contributed by atoms with Crippen molar-refractivity contribution in [1.82, 2.24) is 4.90 Å². The van der Waals surface area contributed by atoms with Gasteiger partial charge in [0, 0.05) is 6.92 Å². The fraction of sp³-hybridized carbons (Fsp3) is 0.750. The van der Waals surface area contributed by atoms with E-state index in [1.54, 1.807) is 40.7 Å². The first-order valence-corrected chi connectivity index (χ1v) is 7.59. The van der Waals surface area contributed by atoms with E-state index in [4.69, 9.17) is 19.3 Å². The lowest BCUT2D eigenvalue weighted by molar-refractivity contribution is -0.147. The summed E-state index contributed by atoms with van der Waals surface area (Å²) in [6, 6.07) is -0.536. The van der Waals surface area contributed by atoms with Gasteiger partial charge in [-0.1, -0.05) is 6.08 Å². The Morgan fingerprint density at radius 2 is 2.04 bits per heavy atom. The summed E-state index contributed by atoms with van der Waals surface area (Å²) in [5.41, 5.74) is -1.55. The monoisotopic (exact) mass is 329 g/mol. The standard InChI is InChI=1S/C16H27NO6/c1-11(19)22-13(8-7-9-18)12-10-21-16(5,6)17(12)14(20)23-15(2,3)4/h7-8,12-13,18H,9-10H2,1-6H3/b8-7+/t12-,13+/m0/s1. The average Bonchev–Trinajstić information content (AvgIpc) is 2.67. The Morgan fingerprint density at radius 3 is 2.52 bits per heavy atom. The molecule has 0 aromatic heterocycles. The number of hydrogen-bond donors (Lipinski definition) is 1. The van der Waals surface area contributed by atoms with Gasteiger partial charge in [0.05, 0.1) is 13.2 Å². The number of carbonyl (C=O) groups is 2. The topological polar surface area (TPSA) is 85.3 Å². The zero-order valence-corrected chi connectivity index (χ0v) is 14.7. The summed E-state index contributed by atoms with van der Waals surface area (Å²) in [7, 11) is 0. The zero-order chi connectivity index (χ0) is 17.8. The van der Waals surface area contributed by atoms with E-state index in [-0.39, 0.29) is 13.2 Å². The van der Waals surface area contributed by atoms with Gasteiger partial charge in [-0.2, -0.15) is 0 Å². The van der Waals surface area contributed by atoms with Crippen molar-refractivity contribution in [3.05, 3.63) is 12.2 Å². The Kier molecular flexibility index (Phi) is 6.18. The van der Waals surface area contributed by atoms with Crippen molar-refractivity contribution >= 4 is 12.1 Å². The van der Waals surface area contributed by atoms with Crippen molar-refractivity contribution < 1.29 is 28.9 Å². The predicted molar refractivity (Wildman–Crippen MR) is 83.7 cm³/mol. The first kappa shape index (κ1) is 19.4. The molecular weight excluding hydrogens is 302 g/mol. The molecule has 23 heavy (non-hydrogen) atoms. The van der Waals surface area contributed by atoms with Gasteiger partial charge in [0.25, 0.3) is 0 Å². The van der Waals surface area contributed by atoms with Gasteiger partial charge in [-0.25, -0.2) is 4.79 Å². The van der Waals surface area contributed by atoms with Gasteiger partial charge >= 0.3 is 12.1 Å². The molecular formula is C16H27NO6. The van der Waals surface area contributed by atoms with Crippen LogP contribution in [-0.4, -0.2) is 58.8 Å². The van der Waals surface area contributed by atoms with Crippen molar-refractivity contribution in [2.24, 2.45) is 0 Å². The van der Waals surface area contributed by atoms with Crippen LogP contribution in [0, 0.1) is 0 Å². The zero-order valence-electron chi connectivity index (χ0n) is 14.7. The van der Waals surface area contributed by atoms with Crippen molar-refractivity contribution in [2.45, 2.75) is 65.0 Å². The molecule has 7 heteroatoms. The quantitative estimate of drug-likeness (QED) is 0.626. The van der Waals surface area contributed by atoms with Crippen LogP contribution < -0.4 is 0 Å². The molecule has 1 aliphatic rings. The number of esters is 1. The van der Waals surface area contributed by atoms with Gasteiger partial charge in [0.15, 0.2) is 0 Å². The molecule has 0 spiro atoms. The molecule has 132 valence electrons. The maximum absolute atomic E-state index is 12.6. The van der Waals surface area contributed by atoms with Gasteiger partial charge in [-0.3, -0.25) is 9.69 Å². The molecule has 1 rings (SSSR count). The van der Waals surface area contributed by atoms with Gasteiger partial charge in [0.2, 0.25) is 0 Å². The van der Waals surface area contributed by atoms with E-state index in [1.807, 2.05) is 0 Å². The second kappa shape index (κ2) is 7.31. The molecule has 0 aromatic carbocycles. The molecule has 1 fully saturated rings. The smallest absolute Gasteiger partial charge is 0.413 e. The lowest BCUT2D eigenvalue weighted by Crippen LogP contribution is -2.53. The molecule has 0 saturated carbocycles. The van der Waals surface area contributed by atoms with Crippen molar-refractivity contribution in [3.8, 4) is 0 Å². The first-order valence-electron chi connectivity index (χ1n) is 7.59. The maximum atomic E-state index is 12.6. The molecule has 0 unspecified atom stereocenters. The predicted octanol–water partition coefficient (Wildman–Crippen LogP) is 1.84. The van der Waals surface area contributed by atoms with Crippen LogP contribution in [0.15, 0.2) is 12.2 Å². The van der Waals surface area contributed by atoms with Crippen LogP contribution in [0.1, 0.15) is 41.5 Å². The van der Waals surface area contributed by atoms with Crippen LogP contribution in [0.4, 0.5) is 4.79 Å². The summed E-state index contributed by atoms with van der Waals surface area (Å²) in [5.74, 6) is -0.480. The fourth-order valence-electron chi connectivity index (χ4n) is 2.37. The highest BCUT2D eigenvalue weighted by Crippen LogP contribution is 2.32. The Bertz CT molecular complexity index is 466. The Labute approximate surface area is 137 Å². The fourth-order valence-corrected chi connectivity index (χ4v) is 2.37. The Morgan fingerprint density at radius 1 is 1.43 bits per heavy atom. The SMILES string of the molecule is CC(=O)O[C@H](/C=C/CO)[C@@H]1COC(C)(C)N1C(=O)OC(C)(C)C. The molecule has 1 saturated heterocycles. The van der Waals surface area contributed by atoms with Crippen LogP contribution in [0.5, 0.6) is 0 Å². The average molecular weight is 329 g/mol. The normalized spacial score (nSPS) is 22.2. The van der Waals surface area contributed by atoms with E-state index >= 15 is 0 Å². The molecule has 1 N–H and O–H groups in total. The van der Waals surface area contributed by atoms with Crippen LogP contribution in [-0.2, 0) is 19.0 Å². The minimum Gasteiger partial charge on any atom is -0.456 e. The molecule has 0 aliphatic carbocycles. The van der Waals surface area contributed by atoms with E-state index in [0.717, 1.165) is 0 Å². The number of carbonyl (C=O) groups excluding carboxylic acids is 2. The second-order valence-corrected chi connectivity index (χ2v) is 6.86. The second-order valence-electron chi connectivity index (χ2n) is 6.86. The van der Waals surface area contributed by atoms with E-state index < -0.39 is 35.5 Å². The summed E-state index contributed by atoms with van der Waals surface area (Å²) < 4.78 is 16.4. The molecule has 2 atom stereocenters. The number of nitrogens with zero attached hydrogens (tertiary/aromatic N) is 1. The van der Waals surface area contributed by atoms with Crippen LogP contribution in [0.2, 0.25) is 0 Å². The lowest BCUT2D eigenvalue weighted by Gasteiger charge is -2.36. The van der Waals surface area contributed by atoms with E-state index in [9.17, 15) is 9.59 Å². The summed E-state index contributed by atoms with van der Waals surface area (Å²) >= 11 is 0. The molecule has 1 aliphatic heterocycles. The molecule has 7 nitrogen and oxygen atoms in total. The summed E-state index contributed by atoms with van der Waals surface area (Å²) in [4.78, 5) is 25.3. The third-order valence-corrected chi connectivity index (χ3v) is 3.22. The molecule has 0 bridgehead atoms.